The van der Waals surface area contributed by atoms with E-state index in [1.54, 1.807) is 0 Å². The van der Waals surface area contributed by atoms with Gasteiger partial charge >= 0.3 is 0 Å². The van der Waals surface area contributed by atoms with Gasteiger partial charge in [0.25, 0.3) is 0 Å². The van der Waals surface area contributed by atoms with Gasteiger partial charge in [-0.25, -0.2) is 0 Å². The zero-order chi connectivity index (χ0) is 15.4. The summed E-state index contributed by atoms with van der Waals surface area (Å²) in [5.41, 5.74) is 9.72. The molecule has 2 aliphatic heterocycles. The Morgan fingerprint density at radius 1 is 1.23 bits per heavy atom. The molecule has 0 bridgehead atoms. The third-order valence-electron chi connectivity index (χ3n) is 4.87. The van der Waals surface area contributed by atoms with Crippen molar-refractivity contribution >= 4 is 5.69 Å². The van der Waals surface area contributed by atoms with E-state index in [1.807, 2.05) is 0 Å². The fraction of sp³-hybridized carbons (Fsp3) is 0.647. The van der Waals surface area contributed by atoms with Gasteiger partial charge in [-0.05, 0) is 23.6 Å². The Morgan fingerprint density at radius 2 is 2.05 bits per heavy atom. The molecule has 1 aromatic rings. The van der Waals surface area contributed by atoms with Crippen molar-refractivity contribution in [2.75, 3.05) is 50.8 Å². The number of aliphatic hydroxyl groups excluding tert-OH is 1. The van der Waals surface area contributed by atoms with E-state index < -0.39 is 0 Å². The molecule has 0 amide bonds. The highest BCUT2D eigenvalue weighted by molar-refractivity contribution is 5.56. The molecule has 0 saturated carbocycles. The van der Waals surface area contributed by atoms with Gasteiger partial charge in [0.1, 0.15) is 0 Å². The molecule has 1 aromatic carbocycles. The third-order valence-corrected chi connectivity index (χ3v) is 4.87. The maximum Gasteiger partial charge on any atom is 0.0476 e. The van der Waals surface area contributed by atoms with Crippen LogP contribution in [0.4, 0.5) is 5.69 Å². The summed E-state index contributed by atoms with van der Waals surface area (Å²) in [6.07, 6.45) is 1.08. The van der Waals surface area contributed by atoms with Gasteiger partial charge in [-0.2, -0.15) is 0 Å². The Morgan fingerprint density at radius 3 is 2.73 bits per heavy atom. The first kappa shape index (κ1) is 15.7. The zero-order valence-electron chi connectivity index (χ0n) is 13.3. The average molecular weight is 304 g/mol. The molecule has 2 heterocycles. The van der Waals surface area contributed by atoms with Gasteiger partial charge in [-0.15, -0.1) is 0 Å². The van der Waals surface area contributed by atoms with E-state index >= 15 is 0 Å². The van der Waals surface area contributed by atoms with Crippen LogP contribution in [0.15, 0.2) is 18.2 Å². The molecule has 2 aliphatic rings. The SMILES string of the molecule is NCc1ccc(CN2CCNCC2)c(N2CC[C@H](CO)C2)c1. The Bertz CT molecular complexity index is 488. The summed E-state index contributed by atoms with van der Waals surface area (Å²) >= 11 is 0. The number of hydrogen-bond acceptors (Lipinski definition) is 5. The summed E-state index contributed by atoms with van der Waals surface area (Å²) in [5.74, 6) is 0.411. The lowest BCUT2D eigenvalue weighted by Gasteiger charge is -2.30. The minimum absolute atomic E-state index is 0.292. The van der Waals surface area contributed by atoms with Crippen LogP contribution in [-0.2, 0) is 13.1 Å². The summed E-state index contributed by atoms with van der Waals surface area (Å²) in [6.45, 7) is 8.24. The fourth-order valence-corrected chi connectivity index (χ4v) is 3.48. The van der Waals surface area contributed by atoms with Crippen molar-refractivity contribution in [3.63, 3.8) is 0 Å². The smallest absolute Gasteiger partial charge is 0.0476 e. The lowest BCUT2D eigenvalue weighted by molar-refractivity contribution is 0.233. The number of hydrogen-bond donors (Lipinski definition) is 3. The van der Waals surface area contributed by atoms with E-state index in [9.17, 15) is 5.11 Å². The van der Waals surface area contributed by atoms with Gasteiger partial charge in [0.05, 0.1) is 0 Å². The molecule has 0 aromatic heterocycles. The molecule has 122 valence electrons. The molecule has 0 unspecified atom stereocenters. The van der Waals surface area contributed by atoms with Gasteiger partial charge in [0.2, 0.25) is 0 Å². The second kappa shape index (κ2) is 7.42. The average Bonchev–Trinajstić information content (AvgIpc) is 3.05. The first-order chi connectivity index (χ1) is 10.8. The first-order valence-electron chi connectivity index (χ1n) is 8.41. The molecule has 5 nitrogen and oxygen atoms in total. The number of anilines is 1. The summed E-state index contributed by atoms with van der Waals surface area (Å²) in [6, 6.07) is 6.64. The second-order valence-electron chi connectivity index (χ2n) is 6.48. The topological polar surface area (TPSA) is 64.8 Å². The molecule has 22 heavy (non-hydrogen) atoms. The summed E-state index contributed by atoms with van der Waals surface area (Å²) in [7, 11) is 0. The monoisotopic (exact) mass is 304 g/mol. The molecule has 3 rings (SSSR count). The Hall–Kier alpha value is -1.14. The van der Waals surface area contributed by atoms with Gasteiger partial charge in [0.15, 0.2) is 0 Å². The summed E-state index contributed by atoms with van der Waals surface area (Å²) in [4.78, 5) is 4.94. The van der Waals surface area contributed by atoms with Crippen LogP contribution in [0.1, 0.15) is 17.5 Å². The minimum Gasteiger partial charge on any atom is -0.396 e. The molecule has 0 spiro atoms. The van der Waals surface area contributed by atoms with Crippen LogP contribution >= 0.6 is 0 Å². The maximum absolute atomic E-state index is 9.40. The molecular weight excluding hydrogens is 276 g/mol. The van der Waals surface area contributed by atoms with Gasteiger partial charge in [-0.3, -0.25) is 4.90 Å². The maximum atomic E-state index is 9.40. The molecule has 5 heteroatoms. The predicted molar refractivity (Wildman–Crippen MR) is 89.9 cm³/mol. The lowest BCUT2D eigenvalue weighted by Crippen LogP contribution is -2.43. The van der Waals surface area contributed by atoms with Crippen LogP contribution in [-0.4, -0.2) is 55.9 Å². The number of nitrogens with two attached hydrogens (primary N) is 1. The molecule has 2 fully saturated rings. The van der Waals surface area contributed by atoms with Crippen molar-refractivity contribution in [2.24, 2.45) is 11.7 Å². The molecule has 4 N–H and O–H groups in total. The standard InChI is InChI=1S/C17H28N4O/c18-10-14-1-2-16(12-20-7-4-19-5-8-20)17(9-14)21-6-3-15(11-21)13-22/h1-2,9,15,19,22H,3-8,10-13,18H2/t15-/m0/s1. The number of aliphatic hydroxyl groups is 1. The lowest BCUT2D eigenvalue weighted by atomic mass is 10.1. The number of benzene rings is 1. The molecule has 0 radical (unpaired) electrons. The number of nitrogens with one attached hydrogen (secondary N) is 1. The summed E-state index contributed by atoms with van der Waals surface area (Å²) < 4.78 is 0. The molecule has 2 saturated heterocycles. The van der Waals surface area contributed by atoms with Crippen molar-refractivity contribution in [3.8, 4) is 0 Å². The Balaban J connectivity index is 1.78. The van der Waals surface area contributed by atoms with Crippen LogP contribution in [0.25, 0.3) is 0 Å². The zero-order valence-corrected chi connectivity index (χ0v) is 13.3. The quantitative estimate of drug-likeness (QED) is 0.733. The third kappa shape index (κ3) is 3.60. The van der Waals surface area contributed by atoms with Crippen LogP contribution < -0.4 is 16.0 Å². The fourth-order valence-electron chi connectivity index (χ4n) is 3.48. The molecule has 1 atom stereocenters. The van der Waals surface area contributed by atoms with Gasteiger partial charge in [-0.1, -0.05) is 12.1 Å². The Labute approximate surface area is 133 Å². The van der Waals surface area contributed by atoms with E-state index in [1.165, 1.54) is 16.8 Å². The number of nitrogens with zero attached hydrogens (tertiary/aromatic N) is 2. The van der Waals surface area contributed by atoms with Crippen LogP contribution in [0.2, 0.25) is 0 Å². The van der Waals surface area contributed by atoms with Crippen molar-refractivity contribution in [1.29, 1.82) is 0 Å². The van der Waals surface area contributed by atoms with Crippen molar-refractivity contribution in [2.45, 2.75) is 19.5 Å². The number of rotatable bonds is 5. The van der Waals surface area contributed by atoms with E-state index in [0.29, 0.717) is 19.1 Å². The van der Waals surface area contributed by atoms with Crippen molar-refractivity contribution in [3.05, 3.63) is 29.3 Å². The molecular formula is C17H28N4O. The van der Waals surface area contributed by atoms with Gasteiger partial charge in [0, 0.05) is 70.6 Å². The second-order valence-corrected chi connectivity index (χ2v) is 6.48. The van der Waals surface area contributed by atoms with E-state index in [4.69, 9.17) is 5.73 Å². The van der Waals surface area contributed by atoms with E-state index in [-0.39, 0.29) is 0 Å². The van der Waals surface area contributed by atoms with Crippen LogP contribution in [0.5, 0.6) is 0 Å². The minimum atomic E-state index is 0.292. The highest BCUT2D eigenvalue weighted by atomic mass is 16.3. The van der Waals surface area contributed by atoms with Crippen LogP contribution in [0, 0.1) is 5.92 Å². The summed E-state index contributed by atoms with van der Waals surface area (Å²) in [5, 5.41) is 12.8. The largest absolute Gasteiger partial charge is 0.396 e. The number of piperazine rings is 1. The first-order valence-corrected chi connectivity index (χ1v) is 8.41. The van der Waals surface area contributed by atoms with Gasteiger partial charge < -0.3 is 21.1 Å². The van der Waals surface area contributed by atoms with Crippen molar-refractivity contribution in [1.82, 2.24) is 10.2 Å². The highest BCUT2D eigenvalue weighted by Crippen LogP contribution is 2.29. The van der Waals surface area contributed by atoms with E-state index in [0.717, 1.165) is 52.2 Å². The highest BCUT2D eigenvalue weighted by Gasteiger charge is 2.24. The predicted octanol–water partition coefficient (Wildman–Crippen LogP) is 0.369. The molecule has 0 aliphatic carbocycles. The van der Waals surface area contributed by atoms with Crippen LogP contribution in [0.3, 0.4) is 0 Å². The van der Waals surface area contributed by atoms with E-state index in [2.05, 4.69) is 33.3 Å². The normalized spacial score (nSPS) is 23.2. The van der Waals surface area contributed by atoms with Crippen molar-refractivity contribution < 1.29 is 5.11 Å². The Kier molecular flexibility index (Phi) is 5.31.